The molecule has 0 fully saturated rings. The predicted octanol–water partition coefficient (Wildman–Crippen LogP) is 18.4. The monoisotopic (exact) mass is 916 g/mol. The molecule has 0 saturated heterocycles. The smallest absolute Gasteiger partial charge is 0.0541 e. The van der Waals surface area contributed by atoms with Crippen molar-refractivity contribution in [1.82, 2.24) is 9.13 Å². The van der Waals surface area contributed by atoms with Crippen LogP contribution in [-0.2, 0) is 5.41 Å². The summed E-state index contributed by atoms with van der Waals surface area (Å²) >= 11 is 0. The van der Waals surface area contributed by atoms with Gasteiger partial charge in [-0.3, -0.25) is 0 Å². The third-order valence-electron chi connectivity index (χ3n) is 15.3. The lowest BCUT2D eigenvalue weighted by Crippen LogP contribution is -2.26. The Morgan fingerprint density at radius 1 is 0.333 bits per heavy atom. The summed E-state index contributed by atoms with van der Waals surface area (Å²) in [5.74, 6) is 0. The Bertz CT molecular complexity index is 4130. The second-order valence-corrected chi connectivity index (χ2v) is 19.4. The van der Waals surface area contributed by atoms with Crippen LogP contribution in [0.5, 0.6) is 0 Å². The lowest BCUT2D eigenvalue weighted by atomic mass is 9.69. The van der Waals surface area contributed by atoms with Crippen molar-refractivity contribution in [3.63, 3.8) is 0 Å². The summed E-state index contributed by atoms with van der Waals surface area (Å²) in [6.07, 6.45) is 12.0. The molecule has 0 radical (unpaired) electrons. The number of rotatable bonds is 9. The maximum atomic E-state index is 4.37. The van der Waals surface area contributed by atoms with Crippen LogP contribution in [0.1, 0.15) is 45.4 Å². The third kappa shape index (κ3) is 6.64. The summed E-state index contributed by atoms with van der Waals surface area (Å²) in [5, 5.41) is 9.96. The molecular formula is C70H48N2. The first kappa shape index (κ1) is 41.7. The molecule has 0 bridgehead atoms. The van der Waals surface area contributed by atoms with E-state index in [0.29, 0.717) is 0 Å². The van der Waals surface area contributed by atoms with Gasteiger partial charge in [0.25, 0.3) is 0 Å². The predicted molar refractivity (Wildman–Crippen MR) is 307 cm³/mol. The van der Waals surface area contributed by atoms with Crippen LogP contribution in [0.2, 0.25) is 0 Å². The number of nitrogens with zero attached hydrogens (tertiary/aromatic N) is 2. The average molecular weight is 917 g/mol. The van der Waals surface area contributed by atoms with E-state index >= 15 is 0 Å². The van der Waals surface area contributed by atoms with Crippen LogP contribution in [-0.4, -0.2) is 9.13 Å². The number of hydrogen-bond acceptors (Lipinski definition) is 0. The third-order valence-corrected chi connectivity index (χ3v) is 15.3. The Hall–Kier alpha value is -9.24. The minimum Gasteiger partial charge on any atom is -0.309 e. The van der Waals surface area contributed by atoms with Crippen LogP contribution in [0.15, 0.2) is 249 Å². The van der Waals surface area contributed by atoms with Crippen LogP contribution < -0.4 is 0 Å². The Morgan fingerprint density at radius 2 is 0.736 bits per heavy atom. The maximum Gasteiger partial charge on any atom is 0.0541 e. The zero-order valence-electron chi connectivity index (χ0n) is 39.7. The fraction of sp³-hybridized carbons (Fsp3) is 0.0286. The number of aromatic nitrogens is 2. The number of benzene rings is 11. The van der Waals surface area contributed by atoms with Crippen molar-refractivity contribution in [2.24, 2.45) is 0 Å². The molecule has 338 valence electrons. The summed E-state index contributed by atoms with van der Waals surface area (Å²) in [5.41, 5.74) is 17.9. The van der Waals surface area contributed by atoms with E-state index in [4.69, 9.17) is 0 Å². The van der Waals surface area contributed by atoms with Crippen molar-refractivity contribution in [3.8, 4) is 22.5 Å². The van der Waals surface area contributed by atoms with Crippen LogP contribution in [0.3, 0.4) is 0 Å². The van der Waals surface area contributed by atoms with Gasteiger partial charge in [-0.15, -0.1) is 6.58 Å². The van der Waals surface area contributed by atoms with E-state index in [1.165, 1.54) is 127 Å². The summed E-state index contributed by atoms with van der Waals surface area (Å²) in [7, 11) is 0. The average Bonchev–Trinajstić information content (AvgIpc) is 4.05. The molecule has 13 aromatic rings. The van der Waals surface area contributed by atoms with Crippen molar-refractivity contribution in [3.05, 3.63) is 288 Å². The minimum atomic E-state index is -0.408. The molecule has 2 heteroatoms. The van der Waals surface area contributed by atoms with E-state index in [9.17, 15) is 0 Å². The van der Waals surface area contributed by atoms with E-state index in [1.54, 1.807) is 0 Å². The van der Waals surface area contributed by atoms with Gasteiger partial charge in [-0.05, 0) is 151 Å². The van der Waals surface area contributed by atoms with Crippen LogP contribution in [0.25, 0.3) is 112 Å². The van der Waals surface area contributed by atoms with Gasteiger partial charge in [0.15, 0.2) is 0 Å². The molecule has 14 rings (SSSR count). The van der Waals surface area contributed by atoms with E-state index < -0.39 is 5.41 Å². The fourth-order valence-corrected chi connectivity index (χ4v) is 12.0. The van der Waals surface area contributed by atoms with Crippen LogP contribution in [0, 0.1) is 0 Å². The van der Waals surface area contributed by atoms with E-state index in [2.05, 4.69) is 283 Å². The SMILES string of the molecule is C=CCC1(c2ccccc2)c2cc(/C=C/c3ccc4c(c3)c3ccccc3n4-c3ccc4ccccc4c3)ccc2-c2ccc(/C=C/c3ccc4c(c3)c3ccccc3n4-c3ccc4ccccc4c3)cc21. The van der Waals surface area contributed by atoms with Crippen molar-refractivity contribution in [1.29, 1.82) is 0 Å². The van der Waals surface area contributed by atoms with E-state index in [1.807, 2.05) is 0 Å². The first-order valence-corrected chi connectivity index (χ1v) is 25.0. The number of allylic oxidation sites excluding steroid dienone is 1. The van der Waals surface area contributed by atoms with Crippen molar-refractivity contribution < 1.29 is 0 Å². The molecule has 0 atom stereocenters. The van der Waals surface area contributed by atoms with Crippen molar-refractivity contribution in [2.45, 2.75) is 11.8 Å². The standard InChI is InChI=1S/C70H48N2/c1-2-40-70(55-18-4-3-5-19-55)64-43-49(26-24-47-30-38-68-62(41-47)60-20-10-12-22-66(60)71(68)56-34-32-51-14-6-8-16-53(51)45-56)28-36-58(64)59-37-29-50(44-65(59)70)27-25-48-31-39-69-63(42-48)61-21-11-13-23-67(61)72(69)57-35-33-52-15-7-9-17-54(52)46-57/h2-39,41-46H,1,40H2/b26-24+,27-25+. The lowest BCUT2D eigenvalue weighted by molar-refractivity contribution is 0.645. The molecule has 2 heterocycles. The van der Waals surface area contributed by atoms with Crippen molar-refractivity contribution >= 4 is 89.5 Å². The molecule has 2 nitrogen and oxygen atoms in total. The fourth-order valence-electron chi connectivity index (χ4n) is 12.0. The summed E-state index contributed by atoms with van der Waals surface area (Å²) in [6.45, 7) is 4.37. The normalized spacial score (nSPS) is 13.1. The molecule has 1 aliphatic rings. The molecule has 0 spiro atoms. The molecule has 0 unspecified atom stereocenters. The zero-order chi connectivity index (χ0) is 47.8. The second-order valence-electron chi connectivity index (χ2n) is 19.4. The second kappa shape index (κ2) is 16.7. The molecule has 0 N–H and O–H groups in total. The number of para-hydroxylation sites is 2. The summed E-state index contributed by atoms with van der Waals surface area (Å²) in [4.78, 5) is 0. The minimum absolute atomic E-state index is 0.408. The highest BCUT2D eigenvalue weighted by Crippen LogP contribution is 2.55. The molecule has 11 aromatic carbocycles. The van der Waals surface area contributed by atoms with Gasteiger partial charge in [0.1, 0.15) is 0 Å². The quantitative estimate of drug-likeness (QED) is 0.101. The van der Waals surface area contributed by atoms with Crippen molar-refractivity contribution in [2.75, 3.05) is 0 Å². The van der Waals surface area contributed by atoms with Crippen LogP contribution in [0.4, 0.5) is 0 Å². The van der Waals surface area contributed by atoms with E-state index in [0.717, 1.165) is 6.42 Å². The molecule has 72 heavy (non-hydrogen) atoms. The van der Waals surface area contributed by atoms with Gasteiger partial charge in [0.05, 0.1) is 22.1 Å². The topological polar surface area (TPSA) is 9.86 Å². The first-order chi connectivity index (χ1) is 35.6. The highest BCUT2D eigenvalue weighted by Gasteiger charge is 2.44. The highest BCUT2D eigenvalue weighted by atomic mass is 15.0. The largest absolute Gasteiger partial charge is 0.309 e. The highest BCUT2D eigenvalue weighted by molar-refractivity contribution is 6.11. The number of fused-ring (bicyclic) bond motifs is 11. The molecule has 1 aliphatic carbocycles. The van der Waals surface area contributed by atoms with Crippen LogP contribution >= 0.6 is 0 Å². The van der Waals surface area contributed by atoms with E-state index in [-0.39, 0.29) is 0 Å². The zero-order valence-corrected chi connectivity index (χ0v) is 39.7. The Morgan fingerprint density at radius 3 is 1.22 bits per heavy atom. The van der Waals surface area contributed by atoms with Gasteiger partial charge in [-0.2, -0.15) is 0 Å². The lowest BCUT2D eigenvalue weighted by Gasteiger charge is -2.32. The first-order valence-electron chi connectivity index (χ1n) is 25.0. The maximum absolute atomic E-state index is 4.37. The van der Waals surface area contributed by atoms with Gasteiger partial charge in [-0.25, -0.2) is 0 Å². The van der Waals surface area contributed by atoms with Gasteiger partial charge < -0.3 is 9.13 Å². The summed E-state index contributed by atoms with van der Waals surface area (Å²) in [6, 6.07) is 87.1. The molecule has 0 amide bonds. The molecule has 2 aromatic heterocycles. The van der Waals surface area contributed by atoms with Gasteiger partial charge >= 0.3 is 0 Å². The Balaban J connectivity index is 0.819. The number of hydrogen-bond donors (Lipinski definition) is 0. The van der Waals surface area contributed by atoms with Gasteiger partial charge in [-0.1, -0.05) is 194 Å². The molecule has 0 saturated carbocycles. The van der Waals surface area contributed by atoms with Gasteiger partial charge in [0.2, 0.25) is 0 Å². The molecule has 0 aliphatic heterocycles. The molecular weight excluding hydrogens is 869 g/mol. The van der Waals surface area contributed by atoms with Gasteiger partial charge in [0, 0.05) is 38.3 Å². The summed E-state index contributed by atoms with van der Waals surface area (Å²) < 4.78 is 4.80. The Labute approximate surface area is 419 Å². The Kier molecular flexibility index (Phi) is 9.69.